The Hall–Kier alpha value is -3.38. The van der Waals surface area contributed by atoms with Crippen molar-refractivity contribution in [2.75, 3.05) is 19.5 Å². The van der Waals surface area contributed by atoms with E-state index in [1.165, 1.54) is 0 Å². The minimum atomic E-state index is -0.218. The molecule has 0 saturated heterocycles. The topological polar surface area (TPSA) is 60.5 Å². The molecule has 146 valence electrons. The number of methoxy groups -OCH3 is 2. The van der Waals surface area contributed by atoms with Gasteiger partial charge < -0.3 is 14.8 Å². The van der Waals surface area contributed by atoms with Crippen LogP contribution in [0.1, 0.15) is 15.9 Å². The molecule has 0 radical (unpaired) electrons. The van der Waals surface area contributed by atoms with Crippen molar-refractivity contribution in [3.8, 4) is 22.1 Å². The van der Waals surface area contributed by atoms with E-state index in [1.807, 2.05) is 48.7 Å². The lowest BCUT2D eigenvalue weighted by molar-refractivity contribution is 0.102. The molecule has 0 aliphatic carbocycles. The molecule has 0 aliphatic rings. The van der Waals surface area contributed by atoms with Crippen molar-refractivity contribution >= 4 is 33.8 Å². The predicted octanol–water partition coefficient (Wildman–Crippen LogP) is 5.54. The number of aryl methyl sites for hydroxylation is 1. The lowest BCUT2D eigenvalue weighted by atomic mass is 10.0. The summed E-state index contributed by atoms with van der Waals surface area (Å²) in [6.07, 6.45) is 0. The summed E-state index contributed by atoms with van der Waals surface area (Å²) in [7, 11) is 3.15. The Kier molecular flexibility index (Phi) is 5.18. The zero-order valence-corrected chi connectivity index (χ0v) is 17.2. The third kappa shape index (κ3) is 3.79. The van der Waals surface area contributed by atoms with Crippen LogP contribution in [0, 0.1) is 6.92 Å². The lowest BCUT2D eigenvalue weighted by Gasteiger charge is -2.13. The number of nitrogens with one attached hydrogen (secondary N) is 1. The second-order valence-corrected chi connectivity index (χ2v) is 7.52. The van der Waals surface area contributed by atoms with Gasteiger partial charge in [0.2, 0.25) is 0 Å². The van der Waals surface area contributed by atoms with E-state index in [0.717, 1.165) is 27.0 Å². The molecule has 6 heteroatoms. The van der Waals surface area contributed by atoms with Crippen molar-refractivity contribution in [3.05, 3.63) is 71.1 Å². The normalized spacial score (nSPS) is 10.7. The number of carbonyl (C=O) groups excluding carboxylic acids is 1. The standard InChI is InChI=1S/C23H20N2O3S/c1-14-6-8-18-16(11-14)17(13-20(24-18)22-5-4-10-29-22)23(26)25-19-9-7-15(27-2)12-21(19)28-3/h4-13H,1-3H3,(H,25,26). The van der Waals surface area contributed by atoms with Crippen molar-refractivity contribution in [1.82, 2.24) is 4.98 Å². The highest BCUT2D eigenvalue weighted by Gasteiger charge is 2.17. The number of benzene rings is 2. The summed E-state index contributed by atoms with van der Waals surface area (Å²) in [4.78, 5) is 19.0. The van der Waals surface area contributed by atoms with Gasteiger partial charge in [-0.05, 0) is 48.7 Å². The number of thiophene rings is 1. The zero-order chi connectivity index (χ0) is 20.4. The fourth-order valence-corrected chi connectivity index (χ4v) is 3.86. The highest BCUT2D eigenvalue weighted by atomic mass is 32.1. The monoisotopic (exact) mass is 404 g/mol. The van der Waals surface area contributed by atoms with Crippen LogP contribution in [0.3, 0.4) is 0 Å². The summed E-state index contributed by atoms with van der Waals surface area (Å²) >= 11 is 1.59. The Morgan fingerprint density at radius 2 is 1.90 bits per heavy atom. The molecule has 0 atom stereocenters. The van der Waals surface area contributed by atoms with Gasteiger partial charge in [-0.15, -0.1) is 11.3 Å². The van der Waals surface area contributed by atoms with E-state index in [1.54, 1.807) is 43.8 Å². The van der Waals surface area contributed by atoms with Crippen LogP contribution in [-0.4, -0.2) is 25.1 Å². The second-order valence-electron chi connectivity index (χ2n) is 6.57. The van der Waals surface area contributed by atoms with Gasteiger partial charge in [-0.2, -0.15) is 0 Å². The van der Waals surface area contributed by atoms with Gasteiger partial charge in [0.05, 0.1) is 41.6 Å². The Balaban J connectivity index is 1.80. The number of ether oxygens (including phenoxy) is 2. The van der Waals surface area contributed by atoms with Crippen LogP contribution in [-0.2, 0) is 0 Å². The van der Waals surface area contributed by atoms with Crippen LogP contribution in [0.5, 0.6) is 11.5 Å². The van der Waals surface area contributed by atoms with Crippen molar-refractivity contribution in [1.29, 1.82) is 0 Å². The molecule has 29 heavy (non-hydrogen) atoms. The van der Waals surface area contributed by atoms with Gasteiger partial charge in [0.15, 0.2) is 0 Å². The molecule has 0 unspecified atom stereocenters. The predicted molar refractivity (Wildman–Crippen MR) is 117 cm³/mol. The summed E-state index contributed by atoms with van der Waals surface area (Å²) in [5, 5.41) is 5.78. The first-order valence-electron chi connectivity index (χ1n) is 9.07. The Labute approximate surface area is 172 Å². The molecule has 0 aliphatic heterocycles. The molecular weight excluding hydrogens is 384 g/mol. The van der Waals surface area contributed by atoms with Crippen LogP contribution in [0.25, 0.3) is 21.5 Å². The first-order valence-corrected chi connectivity index (χ1v) is 9.95. The van der Waals surface area contributed by atoms with Crippen LogP contribution in [0.2, 0.25) is 0 Å². The maximum atomic E-state index is 13.3. The molecule has 1 N–H and O–H groups in total. The second kappa shape index (κ2) is 7.93. The van der Waals surface area contributed by atoms with Gasteiger partial charge >= 0.3 is 0 Å². The van der Waals surface area contributed by atoms with E-state index in [0.29, 0.717) is 22.7 Å². The quantitative estimate of drug-likeness (QED) is 0.474. The van der Waals surface area contributed by atoms with Crippen LogP contribution in [0.4, 0.5) is 5.69 Å². The van der Waals surface area contributed by atoms with Gasteiger partial charge in [0.25, 0.3) is 5.91 Å². The molecule has 2 aromatic carbocycles. The number of hydrogen-bond acceptors (Lipinski definition) is 5. The summed E-state index contributed by atoms with van der Waals surface area (Å²) < 4.78 is 10.6. The van der Waals surface area contributed by atoms with Gasteiger partial charge in [0.1, 0.15) is 11.5 Å². The first-order chi connectivity index (χ1) is 14.1. The van der Waals surface area contributed by atoms with E-state index in [4.69, 9.17) is 14.5 Å². The number of nitrogens with zero attached hydrogens (tertiary/aromatic N) is 1. The van der Waals surface area contributed by atoms with Gasteiger partial charge in [-0.25, -0.2) is 4.98 Å². The summed E-state index contributed by atoms with van der Waals surface area (Å²) in [5.41, 5.74) is 3.78. The smallest absolute Gasteiger partial charge is 0.256 e. The summed E-state index contributed by atoms with van der Waals surface area (Å²) in [6, 6.07) is 17.0. The van der Waals surface area contributed by atoms with E-state index in [-0.39, 0.29) is 5.91 Å². The van der Waals surface area contributed by atoms with Crippen molar-refractivity contribution in [2.24, 2.45) is 0 Å². The van der Waals surface area contributed by atoms with Crippen LogP contribution < -0.4 is 14.8 Å². The number of fused-ring (bicyclic) bond motifs is 1. The molecule has 0 spiro atoms. The van der Waals surface area contributed by atoms with E-state index in [9.17, 15) is 4.79 Å². The number of carbonyl (C=O) groups is 1. The van der Waals surface area contributed by atoms with Gasteiger partial charge in [0, 0.05) is 11.5 Å². The number of anilines is 1. The first kappa shape index (κ1) is 19.0. The molecule has 1 amide bonds. The Bertz CT molecular complexity index is 1190. The summed E-state index contributed by atoms with van der Waals surface area (Å²) in [5.74, 6) is 0.972. The SMILES string of the molecule is COc1ccc(NC(=O)c2cc(-c3cccs3)nc3ccc(C)cc23)c(OC)c1. The minimum Gasteiger partial charge on any atom is -0.497 e. The van der Waals surface area contributed by atoms with Crippen LogP contribution in [0.15, 0.2) is 60.0 Å². The fraction of sp³-hybridized carbons (Fsp3) is 0.130. The van der Waals surface area contributed by atoms with E-state index < -0.39 is 0 Å². The molecular formula is C23H20N2O3S. The summed E-state index contributed by atoms with van der Waals surface area (Å²) in [6.45, 7) is 2.00. The average Bonchev–Trinajstić information content (AvgIpc) is 3.28. The van der Waals surface area contributed by atoms with E-state index >= 15 is 0 Å². The molecule has 4 aromatic rings. The van der Waals surface area contributed by atoms with Crippen LogP contribution >= 0.6 is 11.3 Å². The number of pyridine rings is 1. The Morgan fingerprint density at radius 1 is 1.03 bits per heavy atom. The lowest BCUT2D eigenvalue weighted by Crippen LogP contribution is -2.14. The number of hydrogen-bond donors (Lipinski definition) is 1. The molecule has 2 aromatic heterocycles. The maximum absolute atomic E-state index is 13.3. The van der Waals surface area contributed by atoms with Crippen molar-refractivity contribution in [2.45, 2.75) is 6.92 Å². The number of aromatic nitrogens is 1. The van der Waals surface area contributed by atoms with Gasteiger partial charge in [-0.3, -0.25) is 4.79 Å². The molecule has 5 nitrogen and oxygen atoms in total. The maximum Gasteiger partial charge on any atom is 0.256 e. The highest BCUT2D eigenvalue weighted by Crippen LogP contribution is 2.32. The molecule has 0 bridgehead atoms. The average molecular weight is 404 g/mol. The Morgan fingerprint density at radius 3 is 2.62 bits per heavy atom. The molecule has 2 heterocycles. The highest BCUT2D eigenvalue weighted by molar-refractivity contribution is 7.13. The zero-order valence-electron chi connectivity index (χ0n) is 16.4. The van der Waals surface area contributed by atoms with Gasteiger partial charge in [-0.1, -0.05) is 17.7 Å². The minimum absolute atomic E-state index is 0.218. The third-order valence-electron chi connectivity index (χ3n) is 4.64. The number of rotatable bonds is 5. The molecule has 0 saturated carbocycles. The van der Waals surface area contributed by atoms with Crippen molar-refractivity contribution < 1.29 is 14.3 Å². The van der Waals surface area contributed by atoms with E-state index in [2.05, 4.69) is 5.32 Å². The number of amides is 1. The van der Waals surface area contributed by atoms with Crippen molar-refractivity contribution in [3.63, 3.8) is 0 Å². The molecule has 4 rings (SSSR count). The third-order valence-corrected chi connectivity index (χ3v) is 5.53. The molecule has 0 fully saturated rings. The largest absolute Gasteiger partial charge is 0.497 e. The fourth-order valence-electron chi connectivity index (χ4n) is 3.17.